The largest absolute Gasteiger partial charge is 0.503 e. The van der Waals surface area contributed by atoms with Gasteiger partial charge in [-0.2, -0.15) is 0 Å². The zero-order valence-corrected chi connectivity index (χ0v) is 61.8. The van der Waals surface area contributed by atoms with Crippen LogP contribution in [0.3, 0.4) is 0 Å². The summed E-state index contributed by atoms with van der Waals surface area (Å²) in [6.45, 7) is 3.10. The number of ether oxygens (including phenoxy) is 9. The summed E-state index contributed by atoms with van der Waals surface area (Å²) in [5.41, 5.74) is 9.62. The first-order valence-electron chi connectivity index (χ1n) is 36.5. The molecule has 0 amide bonds. The zero-order valence-electron chi connectivity index (χ0n) is 61.8. The molecule has 9 aromatic carbocycles. The maximum Gasteiger partial charge on any atom is 0.188 e. The molecule has 3 aliphatic rings. The van der Waals surface area contributed by atoms with E-state index in [0.29, 0.717) is 103 Å². The number of fused-ring (bicyclic) bond motifs is 3. The van der Waals surface area contributed by atoms with Crippen molar-refractivity contribution in [2.24, 2.45) is 0 Å². The lowest BCUT2D eigenvalue weighted by Crippen LogP contribution is -2.22. The van der Waals surface area contributed by atoms with Gasteiger partial charge in [0, 0.05) is 60.1 Å². The number of aromatic hydroxyl groups is 2. The molecule has 108 heavy (non-hydrogen) atoms. The van der Waals surface area contributed by atoms with Gasteiger partial charge in [0.15, 0.2) is 53.6 Å². The van der Waals surface area contributed by atoms with Gasteiger partial charge in [0.25, 0.3) is 0 Å². The molecule has 0 unspecified atom stereocenters. The van der Waals surface area contributed by atoms with Gasteiger partial charge < -0.3 is 52.8 Å². The Morgan fingerprint density at radius 3 is 1.07 bits per heavy atom. The number of phenolic OH excluding ortho intramolecular Hbond substituents is 2. The summed E-state index contributed by atoms with van der Waals surface area (Å²) in [6.07, 6.45) is 9.84. The van der Waals surface area contributed by atoms with Gasteiger partial charge in [0.05, 0.1) is 19.8 Å². The van der Waals surface area contributed by atoms with Crippen LogP contribution in [0.25, 0.3) is 11.1 Å². The normalized spacial score (nSPS) is 16.0. The number of phenols is 2. The number of benzene rings is 9. The molecule has 20 heteroatoms. The van der Waals surface area contributed by atoms with Crippen LogP contribution in [0.5, 0.6) is 28.7 Å². The number of halogens is 9. The maximum absolute atomic E-state index is 15.0. The fraction of sp³-hybridized carbons (Fsp3) is 0.364. The van der Waals surface area contributed by atoms with Crippen molar-refractivity contribution in [3.63, 3.8) is 0 Å². The van der Waals surface area contributed by atoms with E-state index in [4.69, 9.17) is 42.6 Å². The molecular formula is C88H93F9O11. The topological polar surface area (TPSA) is 124 Å². The maximum atomic E-state index is 15.0. The van der Waals surface area contributed by atoms with E-state index >= 15 is 4.39 Å². The highest BCUT2D eigenvalue weighted by molar-refractivity contribution is 6.01. The highest BCUT2D eigenvalue weighted by atomic mass is 19.2. The van der Waals surface area contributed by atoms with E-state index in [1.807, 2.05) is 72.8 Å². The summed E-state index contributed by atoms with van der Waals surface area (Å²) < 4.78 is 178. The van der Waals surface area contributed by atoms with Crippen molar-refractivity contribution in [1.29, 1.82) is 0 Å². The molecule has 12 rings (SSSR count). The summed E-state index contributed by atoms with van der Waals surface area (Å²) in [5, 5.41) is 19.7. The molecule has 2 N–H and O–H groups in total. The number of hydrogen-bond acceptors (Lipinski definition) is 11. The fourth-order valence-electron chi connectivity index (χ4n) is 14.8. The van der Waals surface area contributed by atoms with Crippen LogP contribution in [0.4, 0.5) is 39.5 Å². The van der Waals surface area contributed by atoms with Crippen molar-refractivity contribution >= 4 is 11.1 Å². The van der Waals surface area contributed by atoms with Gasteiger partial charge in [0.2, 0.25) is 0 Å². The number of rotatable bonds is 30. The Balaban J connectivity index is 0.000000173. The van der Waals surface area contributed by atoms with E-state index in [1.165, 1.54) is 61.5 Å². The van der Waals surface area contributed by atoms with Crippen molar-refractivity contribution in [3.8, 4) is 28.7 Å². The molecule has 0 saturated carbocycles. The molecule has 0 bridgehead atoms. The minimum absolute atomic E-state index is 0.0319. The second kappa shape index (κ2) is 39.3. The Morgan fingerprint density at radius 2 is 0.704 bits per heavy atom. The minimum Gasteiger partial charge on any atom is -0.503 e. The second-order valence-electron chi connectivity index (χ2n) is 27.1. The highest BCUT2D eigenvalue weighted by Gasteiger charge is 2.38. The van der Waals surface area contributed by atoms with E-state index in [0.717, 1.165) is 108 Å². The Bertz CT molecular complexity index is 4210. The number of unbranched alkanes of at least 4 members (excludes halogenated alkanes) is 3. The molecule has 0 aliphatic heterocycles. The zero-order chi connectivity index (χ0) is 77.0. The van der Waals surface area contributed by atoms with Crippen LogP contribution in [0.15, 0.2) is 164 Å². The predicted octanol–water partition coefficient (Wildman–Crippen LogP) is 21.2. The number of methoxy groups -OCH3 is 6. The standard InChI is InChI=1S/C30H31F3O3.2C29H31F3O4/c1-19-27(32)18-26-25(30(19)33)16-15-24(20-7-11-22(31)12-8-20)29(26)21-9-13-23(14-10-21)36-17-5-4-6-28(34-2)35-3;2*1-34-26(35-2)5-3-4-16-36-21-12-8-19(9-13-21)27-22(18-6-10-20(30)11-7-18)14-15-23-24(27)17-25(31)29(33)28(23)32/h7-14,18,28H,4-6,15-17H2,1-3H3;2*6-13,17,22,26-27,33H,3-5,14-16H2,1-2H3/t;2*22-,27+/m.10/s1. The van der Waals surface area contributed by atoms with Crippen LogP contribution >= 0.6 is 0 Å². The molecule has 0 spiro atoms. The smallest absolute Gasteiger partial charge is 0.188 e. The van der Waals surface area contributed by atoms with Crippen molar-refractivity contribution < 1.29 is 92.4 Å². The van der Waals surface area contributed by atoms with Gasteiger partial charge in [-0.25, -0.2) is 39.5 Å². The van der Waals surface area contributed by atoms with Crippen molar-refractivity contribution in [1.82, 2.24) is 0 Å². The van der Waals surface area contributed by atoms with Crippen molar-refractivity contribution in [3.05, 3.63) is 288 Å². The summed E-state index contributed by atoms with van der Waals surface area (Å²) in [6, 6.07) is 45.2. The van der Waals surface area contributed by atoms with E-state index in [9.17, 15) is 45.3 Å². The lowest BCUT2D eigenvalue weighted by molar-refractivity contribution is -0.107. The molecule has 9 aromatic rings. The van der Waals surface area contributed by atoms with Crippen LogP contribution in [-0.2, 0) is 47.7 Å². The summed E-state index contributed by atoms with van der Waals surface area (Å²) in [5.74, 6) is -6.57. The van der Waals surface area contributed by atoms with Crippen LogP contribution in [-0.4, -0.2) is 91.6 Å². The minimum atomic E-state index is -0.986. The predicted molar refractivity (Wildman–Crippen MR) is 397 cm³/mol. The van der Waals surface area contributed by atoms with Gasteiger partial charge in [0.1, 0.15) is 46.3 Å². The lowest BCUT2D eigenvalue weighted by Gasteiger charge is -2.35. The van der Waals surface area contributed by atoms with E-state index in [2.05, 4.69) is 0 Å². The van der Waals surface area contributed by atoms with Crippen molar-refractivity contribution in [2.45, 2.75) is 146 Å². The average molecular weight is 1500 g/mol. The van der Waals surface area contributed by atoms with Gasteiger partial charge in [-0.15, -0.1) is 0 Å². The first kappa shape index (κ1) is 81.4. The molecule has 11 nitrogen and oxygen atoms in total. The molecular weight excluding hydrogens is 1400 g/mol. The first-order chi connectivity index (χ1) is 52.3. The lowest BCUT2D eigenvalue weighted by atomic mass is 9.69. The molecule has 574 valence electrons. The van der Waals surface area contributed by atoms with Crippen molar-refractivity contribution in [2.75, 3.05) is 62.5 Å². The monoisotopic (exact) mass is 1500 g/mol. The Morgan fingerprint density at radius 1 is 0.361 bits per heavy atom. The van der Waals surface area contributed by atoms with Crippen LogP contribution < -0.4 is 14.2 Å². The first-order valence-corrected chi connectivity index (χ1v) is 36.5. The van der Waals surface area contributed by atoms with Gasteiger partial charge in [-0.05, 0) is 284 Å². The third-order valence-electron chi connectivity index (χ3n) is 20.6. The molecule has 0 fully saturated rings. The van der Waals surface area contributed by atoms with E-state index < -0.39 is 46.4 Å². The second-order valence-corrected chi connectivity index (χ2v) is 27.1. The summed E-state index contributed by atoms with van der Waals surface area (Å²) >= 11 is 0. The quantitative estimate of drug-likeness (QED) is 0.0254. The molecule has 3 aliphatic carbocycles. The number of allylic oxidation sites excluding steroid dienone is 1. The Hall–Kier alpha value is -9.15. The SMILES string of the molecule is COC(CCCCOc1ccc(C2=C(c3ccc(F)cc3)CCc3c2cc(F)c(C)c3F)cc1)OC.COC(CCCCOc1ccc([C@@H]2c3cc(F)c(O)c(F)c3CC[C@@H]2c2ccc(F)cc2)cc1)OC.COC(CCCCOc1ccc([C@H]2c3cc(F)c(O)c(F)c3CC[C@H]2c2ccc(F)cc2)cc1)OC. The van der Waals surface area contributed by atoms with Crippen LogP contribution in [0.2, 0.25) is 0 Å². The van der Waals surface area contributed by atoms with E-state index in [1.54, 1.807) is 79.1 Å². The Labute approximate surface area is 626 Å². The van der Waals surface area contributed by atoms with Gasteiger partial charge >= 0.3 is 0 Å². The summed E-state index contributed by atoms with van der Waals surface area (Å²) in [4.78, 5) is 0. The molecule has 0 aromatic heterocycles. The third-order valence-corrected chi connectivity index (χ3v) is 20.6. The number of hydrogen-bond donors (Lipinski definition) is 2. The molecule has 0 radical (unpaired) electrons. The van der Waals surface area contributed by atoms with Gasteiger partial charge in [-0.1, -0.05) is 72.8 Å². The summed E-state index contributed by atoms with van der Waals surface area (Å²) in [7, 11) is 9.70. The van der Waals surface area contributed by atoms with Gasteiger partial charge in [-0.3, -0.25) is 0 Å². The van der Waals surface area contributed by atoms with Crippen LogP contribution in [0.1, 0.15) is 173 Å². The fourth-order valence-corrected chi connectivity index (χ4v) is 14.8. The molecule has 4 atom stereocenters. The molecule has 0 saturated heterocycles. The highest BCUT2D eigenvalue weighted by Crippen LogP contribution is 2.51. The third kappa shape index (κ3) is 20.2. The Kier molecular flexibility index (Phi) is 29.6. The average Bonchev–Trinajstić information content (AvgIpc) is 0.766. The van der Waals surface area contributed by atoms with Crippen LogP contribution in [0, 0.1) is 59.3 Å². The van der Waals surface area contributed by atoms with E-state index in [-0.39, 0.29) is 65.6 Å². The molecule has 0 heterocycles.